The van der Waals surface area contributed by atoms with Gasteiger partial charge >= 0.3 is 0 Å². The summed E-state index contributed by atoms with van der Waals surface area (Å²) < 4.78 is 21.7. The maximum atomic E-state index is 12.9. The third kappa shape index (κ3) is 4.73. The highest BCUT2D eigenvalue weighted by atomic mass is 79.9. The van der Waals surface area contributed by atoms with Crippen LogP contribution in [0.15, 0.2) is 28.7 Å². The van der Waals surface area contributed by atoms with Gasteiger partial charge < -0.3 is 29.2 Å². The molecule has 2 aromatic rings. The monoisotopic (exact) mass is 466 g/mol. The summed E-state index contributed by atoms with van der Waals surface area (Å²) in [5.74, 6) is 0.880. The average molecular weight is 467 g/mol. The number of benzene rings is 2. The van der Waals surface area contributed by atoms with E-state index < -0.39 is 5.91 Å². The Morgan fingerprint density at radius 2 is 1.31 bits per heavy atom. The first-order valence-electron chi connectivity index (χ1n) is 8.47. The van der Waals surface area contributed by atoms with Crippen molar-refractivity contribution in [1.29, 1.82) is 0 Å². The lowest BCUT2D eigenvalue weighted by Crippen LogP contribution is -2.24. The minimum atomic E-state index is -0.450. The molecule has 0 aromatic heterocycles. The van der Waals surface area contributed by atoms with Gasteiger partial charge in [-0.05, 0) is 34.1 Å². The predicted octanol–water partition coefficient (Wildman–Crippen LogP) is 3.44. The highest BCUT2D eigenvalue weighted by molar-refractivity contribution is 9.10. The molecule has 0 fully saturated rings. The van der Waals surface area contributed by atoms with Crippen molar-refractivity contribution < 1.29 is 28.5 Å². The van der Waals surface area contributed by atoms with E-state index in [0.717, 1.165) is 0 Å². The van der Waals surface area contributed by atoms with Crippen molar-refractivity contribution in [3.63, 3.8) is 0 Å². The number of rotatable bonds is 7. The molecule has 0 unspecified atom stereocenters. The van der Waals surface area contributed by atoms with E-state index in [0.29, 0.717) is 33.0 Å². The predicted molar refractivity (Wildman–Crippen MR) is 113 cm³/mol. The minimum absolute atomic E-state index is 0.261. The molecule has 0 saturated heterocycles. The van der Waals surface area contributed by atoms with E-state index in [2.05, 4.69) is 21.2 Å². The number of anilines is 1. The lowest BCUT2D eigenvalue weighted by Gasteiger charge is -2.18. The number of methoxy groups -OCH3 is 4. The van der Waals surface area contributed by atoms with Crippen LogP contribution in [0.4, 0.5) is 5.69 Å². The van der Waals surface area contributed by atoms with Gasteiger partial charge in [0.1, 0.15) is 16.0 Å². The first kappa shape index (κ1) is 22.4. The van der Waals surface area contributed by atoms with E-state index in [1.54, 1.807) is 32.3 Å². The van der Waals surface area contributed by atoms with Crippen molar-refractivity contribution in [2.24, 2.45) is 0 Å². The first-order chi connectivity index (χ1) is 13.8. The van der Waals surface area contributed by atoms with Crippen LogP contribution in [-0.2, 0) is 0 Å². The number of ether oxygens (including phenoxy) is 4. The fourth-order valence-electron chi connectivity index (χ4n) is 2.60. The van der Waals surface area contributed by atoms with Crippen LogP contribution >= 0.6 is 15.9 Å². The standard InChI is InChI=1S/C20H23BrN2O6/c1-23(2)20(25)12-9-14(26-3)15(27-4)10-13(12)22-19(24)11-7-16(28-5)18(21)17(8-11)29-6/h7-10H,1-6H3,(H,22,24). The summed E-state index contributed by atoms with van der Waals surface area (Å²) in [4.78, 5) is 27.0. The topological polar surface area (TPSA) is 86.3 Å². The second kappa shape index (κ2) is 9.51. The van der Waals surface area contributed by atoms with Gasteiger partial charge in [-0.2, -0.15) is 0 Å². The number of hydrogen-bond acceptors (Lipinski definition) is 6. The Labute approximate surface area is 177 Å². The summed E-state index contributed by atoms with van der Waals surface area (Å²) in [5, 5.41) is 2.76. The van der Waals surface area contributed by atoms with Crippen LogP contribution in [0.1, 0.15) is 20.7 Å². The third-order valence-corrected chi connectivity index (χ3v) is 4.90. The molecule has 2 amide bonds. The molecule has 0 aliphatic heterocycles. The zero-order chi connectivity index (χ0) is 21.7. The number of carbonyl (C=O) groups excluding carboxylic acids is 2. The van der Waals surface area contributed by atoms with Crippen LogP contribution in [-0.4, -0.2) is 59.2 Å². The number of nitrogens with one attached hydrogen (secondary N) is 1. The maximum Gasteiger partial charge on any atom is 0.255 e. The normalized spacial score (nSPS) is 10.2. The van der Waals surface area contributed by atoms with E-state index in [1.165, 1.54) is 39.4 Å². The van der Waals surface area contributed by atoms with Crippen LogP contribution in [0, 0.1) is 0 Å². The molecule has 0 heterocycles. The summed E-state index contributed by atoms with van der Waals surface area (Å²) in [6.45, 7) is 0. The van der Waals surface area contributed by atoms with Gasteiger partial charge in [0.25, 0.3) is 11.8 Å². The highest BCUT2D eigenvalue weighted by Gasteiger charge is 2.21. The Morgan fingerprint density at radius 3 is 1.76 bits per heavy atom. The third-order valence-electron chi connectivity index (χ3n) is 4.12. The Morgan fingerprint density at radius 1 is 0.828 bits per heavy atom. The Kier molecular flexibility index (Phi) is 7.33. The zero-order valence-corrected chi connectivity index (χ0v) is 18.7. The van der Waals surface area contributed by atoms with Crippen LogP contribution in [0.2, 0.25) is 0 Å². The molecule has 1 N–H and O–H groups in total. The fourth-order valence-corrected chi connectivity index (χ4v) is 3.15. The van der Waals surface area contributed by atoms with Crippen molar-refractivity contribution in [3.05, 3.63) is 39.9 Å². The van der Waals surface area contributed by atoms with Crippen molar-refractivity contribution in [2.45, 2.75) is 0 Å². The van der Waals surface area contributed by atoms with Crippen LogP contribution in [0.5, 0.6) is 23.0 Å². The second-order valence-electron chi connectivity index (χ2n) is 6.10. The average Bonchev–Trinajstić information content (AvgIpc) is 2.72. The molecule has 0 saturated carbocycles. The van der Waals surface area contributed by atoms with E-state index in [9.17, 15) is 9.59 Å². The molecule has 0 radical (unpaired) electrons. The molecule has 0 atom stereocenters. The fraction of sp³-hybridized carbons (Fsp3) is 0.300. The van der Waals surface area contributed by atoms with Crippen LogP contribution in [0.25, 0.3) is 0 Å². The lowest BCUT2D eigenvalue weighted by atomic mass is 10.1. The van der Waals surface area contributed by atoms with Gasteiger partial charge in [0, 0.05) is 25.7 Å². The molecule has 9 heteroatoms. The highest BCUT2D eigenvalue weighted by Crippen LogP contribution is 2.37. The summed E-state index contributed by atoms with van der Waals surface area (Å²) in [6, 6.07) is 6.20. The minimum Gasteiger partial charge on any atom is -0.495 e. The number of halogens is 1. The Bertz CT molecular complexity index is 904. The Hall–Kier alpha value is -2.94. The van der Waals surface area contributed by atoms with Gasteiger partial charge in [-0.1, -0.05) is 0 Å². The van der Waals surface area contributed by atoms with Crippen molar-refractivity contribution in [1.82, 2.24) is 4.90 Å². The molecular weight excluding hydrogens is 444 g/mol. The number of carbonyl (C=O) groups is 2. The van der Waals surface area contributed by atoms with Crippen molar-refractivity contribution >= 4 is 33.4 Å². The molecule has 29 heavy (non-hydrogen) atoms. The van der Waals surface area contributed by atoms with E-state index in [-0.39, 0.29) is 17.2 Å². The van der Waals surface area contributed by atoms with Crippen molar-refractivity contribution in [3.8, 4) is 23.0 Å². The summed E-state index contributed by atoms with van der Waals surface area (Å²) in [7, 11) is 9.17. The van der Waals surface area contributed by atoms with Gasteiger partial charge in [0.15, 0.2) is 11.5 Å². The molecule has 2 rings (SSSR count). The zero-order valence-electron chi connectivity index (χ0n) is 17.1. The molecule has 2 aromatic carbocycles. The summed E-state index contributed by atoms with van der Waals surface area (Å²) in [5.41, 5.74) is 0.837. The molecule has 0 aliphatic rings. The van der Waals surface area contributed by atoms with E-state index >= 15 is 0 Å². The Balaban J connectivity index is 2.52. The van der Waals surface area contributed by atoms with Gasteiger partial charge in [-0.15, -0.1) is 0 Å². The number of hydrogen-bond donors (Lipinski definition) is 1. The van der Waals surface area contributed by atoms with Crippen molar-refractivity contribution in [2.75, 3.05) is 47.9 Å². The van der Waals surface area contributed by atoms with Gasteiger partial charge in [-0.3, -0.25) is 9.59 Å². The number of amides is 2. The molecule has 0 spiro atoms. The molecular formula is C20H23BrN2O6. The SMILES string of the molecule is COc1cc(NC(=O)c2cc(OC)c(Br)c(OC)c2)c(C(=O)N(C)C)cc1OC. The van der Waals surface area contributed by atoms with Gasteiger partial charge in [0.05, 0.1) is 39.7 Å². The smallest absolute Gasteiger partial charge is 0.255 e. The lowest BCUT2D eigenvalue weighted by molar-refractivity contribution is 0.0828. The van der Waals surface area contributed by atoms with Gasteiger partial charge in [0.2, 0.25) is 0 Å². The summed E-state index contributed by atoms with van der Waals surface area (Å²) in [6.07, 6.45) is 0. The van der Waals surface area contributed by atoms with E-state index in [4.69, 9.17) is 18.9 Å². The number of nitrogens with zero attached hydrogens (tertiary/aromatic N) is 1. The molecule has 8 nitrogen and oxygen atoms in total. The molecule has 0 aliphatic carbocycles. The molecule has 0 bridgehead atoms. The van der Waals surface area contributed by atoms with E-state index in [1.807, 2.05) is 0 Å². The first-order valence-corrected chi connectivity index (χ1v) is 9.27. The summed E-state index contributed by atoms with van der Waals surface area (Å²) >= 11 is 3.37. The van der Waals surface area contributed by atoms with Gasteiger partial charge in [-0.25, -0.2) is 0 Å². The quantitative estimate of drug-likeness (QED) is 0.672. The largest absolute Gasteiger partial charge is 0.495 e. The molecule has 156 valence electrons. The second-order valence-corrected chi connectivity index (χ2v) is 6.89. The van der Waals surface area contributed by atoms with Crippen LogP contribution in [0.3, 0.4) is 0 Å². The maximum absolute atomic E-state index is 12.9. The van der Waals surface area contributed by atoms with Crippen LogP contribution < -0.4 is 24.3 Å².